The number of ketones is 1. The van der Waals surface area contributed by atoms with Gasteiger partial charge in [0.15, 0.2) is 5.78 Å². The molecule has 30 heavy (non-hydrogen) atoms. The number of aryl methyl sites for hydroxylation is 1. The normalized spacial score (nSPS) is 20.9. The number of hydrogen-bond donors (Lipinski definition) is 2. The number of carboxylic acids is 1. The summed E-state index contributed by atoms with van der Waals surface area (Å²) in [5.41, 5.74) is 9.23. The van der Waals surface area contributed by atoms with E-state index in [9.17, 15) is 14.7 Å². The summed E-state index contributed by atoms with van der Waals surface area (Å²) in [6, 6.07) is 23.5. The van der Waals surface area contributed by atoms with E-state index in [1.54, 1.807) is 36.4 Å². The average molecular weight is 419 g/mol. The van der Waals surface area contributed by atoms with Gasteiger partial charge in [-0.25, -0.2) is 4.79 Å². The van der Waals surface area contributed by atoms with Gasteiger partial charge in [-0.15, -0.1) is 11.8 Å². The van der Waals surface area contributed by atoms with Crippen LogP contribution in [0.2, 0.25) is 0 Å². The van der Waals surface area contributed by atoms with E-state index in [0.717, 1.165) is 11.1 Å². The van der Waals surface area contributed by atoms with Crippen molar-refractivity contribution >= 4 is 29.2 Å². The van der Waals surface area contributed by atoms with Gasteiger partial charge < -0.3 is 15.7 Å². The summed E-state index contributed by atoms with van der Waals surface area (Å²) in [7, 11) is 0. The van der Waals surface area contributed by atoms with Crippen LogP contribution in [0.3, 0.4) is 0 Å². The molecule has 0 bridgehead atoms. The lowest BCUT2D eigenvalue weighted by Crippen LogP contribution is -2.39. The third-order valence-electron chi connectivity index (χ3n) is 5.26. The van der Waals surface area contributed by atoms with Crippen LogP contribution in [0.15, 0.2) is 78.9 Å². The molecule has 1 unspecified atom stereocenters. The number of nitrogens with zero attached hydrogens (tertiary/aromatic N) is 1. The van der Waals surface area contributed by atoms with E-state index in [2.05, 4.69) is 0 Å². The topological polar surface area (TPSA) is 83.6 Å². The molecule has 3 aromatic rings. The van der Waals surface area contributed by atoms with E-state index in [4.69, 9.17) is 5.73 Å². The average Bonchev–Trinajstić information content (AvgIpc) is 3.10. The van der Waals surface area contributed by atoms with Crippen LogP contribution in [-0.2, 0) is 0 Å². The maximum atomic E-state index is 13.4. The van der Waals surface area contributed by atoms with Crippen molar-refractivity contribution in [3.05, 3.63) is 101 Å². The number of Topliss-reactive ketones (excluding diaryl/α,β-unsaturated/α-hetero) is 1. The van der Waals surface area contributed by atoms with Gasteiger partial charge in [0, 0.05) is 5.56 Å². The third kappa shape index (κ3) is 3.72. The molecule has 5 nitrogen and oxygen atoms in total. The predicted octanol–water partition coefficient (Wildman–Crippen LogP) is 4.48. The quantitative estimate of drug-likeness (QED) is 0.595. The SMILES string of the molecule is Cc1cccc([C@H]2[C@H](C(=O)c3ccccc3)SC(N)N2c2ccccc2C(=O)O)c1. The van der Waals surface area contributed by atoms with Crippen molar-refractivity contribution < 1.29 is 14.7 Å². The minimum Gasteiger partial charge on any atom is -0.478 e. The number of aromatic carboxylic acids is 1. The number of carbonyl (C=O) groups excluding carboxylic acids is 1. The second-order valence-corrected chi connectivity index (χ2v) is 8.53. The second kappa shape index (κ2) is 8.34. The molecular formula is C24H22N2O3S. The molecule has 0 amide bonds. The first-order chi connectivity index (χ1) is 14.5. The van der Waals surface area contributed by atoms with Crippen LogP contribution < -0.4 is 10.6 Å². The first kappa shape index (κ1) is 20.2. The molecule has 3 aromatic carbocycles. The molecule has 1 saturated heterocycles. The smallest absolute Gasteiger partial charge is 0.337 e. The van der Waals surface area contributed by atoms with Crippen molar-refractivity contribution in [2.75, 3.05) is 4.90 Å². The van der Waals surface area contributed by atoms with Crippen molar-refractivity contribution in [2.45, 2.75) is 23.7 Å². The van der Waals surface area contributed by atoms with E-state index in [1.807, 2.05) is 54.3 Å². The zero-order valence-electron chi connectivity index (χ0n) is 16.4. The van der Waals surface area contributed by atoms with Gasteiger partial charge in [0.1, 0.15) is 5.50 Å². The number of nitrogens with two attached hydrogens (primary N) is 1. The lowest BCUT2D eigenvalue weighted by molar-refractivity contribution is 0.0697. The fourth-order valence-corrected chi connectivity index (χ4v) is 5.30. The van der Waals surface area contributed by atoms with Gasteiger partial charge in [-0.3, -0.25) is 4.79 Å². The Morgan fingerprint density at radius 1 is 0.967 bits per heavy atom. The highest BCUT2D eigenvalue weighted by Gasteiger charge is 2.46. The van der Waals surface area contributed by atoms with Crippen LogP contribution in [0.25, 0.3) is 0 Å². The number of hydrogen-bond acceptors (Lipinski definition) is 5. The highest BCUT2D eigenvalue weighted by Crippen LogP contribution is 2.47. The molecule has 0 aliphatic carbocycles. The fraction of sp³-hybridized carbons (Fsp3) is 0.167. The van der Waals surface area contributed by atoms with E-state index < -0.39 is 22.8 Å². The van der Waals surface area contributed by atoms with Gasteiger partial charge in [-0.1, -0.05) is 72.3 Å². The first-order valence-electron chi connectivity index (χ1n) is 9.65. The summed E-state index contributed by atoms with van der Waals surface area (Å²) < 4.78 is 0. The molecule has 0 radical (unpaired) electrons. The standard InChI is InChI=1S/C24H22N2O3S/c1-15-8-7-11-17(14-15)20-22(21(27)16-9-3-2-4-10-16)30-24(25)26(20)19-13-6-5-12-18(19)23(28)29/h2-14,20,22,24H,25H2,1H3,(H,28,29)/t20-,22+,24?/m0/s1. The number of para-hydroxylation sites is 1. The molecule has 0 aromatic heterocycles. The van der Waals surface area contributed by atoms with Crippen LogP contribution in [0.4, 0.5) is 5.69 Å². The number of anilines is 1. The highest BCUT2D eigenvalue weighted by molar-refractivity contribution is 8.01. The van der Waals surface area contributed by atoms with Gasteiger partial charge in [0.05, 0.1) is 22.5 Å². The molecule has 1 aliphatic rings. The number of carbonyl (C=O) groups is 2. The fourth-order valence-electron chi connectivity index (χ4n) is 3.92. The maximum Gasteiger partial charge on any atom is 0.337 e. The van der Waals surface area contributed by atoms with E-state index in [-0.39, 0.29) is 11.3 Å². The van der Waals surface area contributed by atoms with E-state index in [1.165, 1.54) is 11.8 Å². The molecule has 1 fully saturated rings. The summed E-state index contributed by atoms with van der Waals surface area (Å²) in [5.74, 6) is -1.04. The predicted molar refractivity (Wildman–Crippen MR) is 120 cm³/mol. The summed E-state index contributed by atoms with van der Waals surface area (Å²) in [6.07, 6.45) is 0. The summed E-state index contributed by atoms with van der Waals surface area (Å²) >= 11 is 1.36. The van der Waals surface area contributed by atoms with Crippen LogP contribution in [0.1, 0.15) is 37.9 Å². The molecule has 152 valence electrons. The molecule has 6 heteroatoms. The maximum absolute atomic E-state index is 13.4. The van der Waals surface area contributed by atoms with Crippen molar-refractivity contribution in [1.82, 2.24) is 0 Å². The molecular weight excluding hydrogens is 396 g/mol. The van der Waals surface area contributed by atoms with Crippen molar-refractivity contribution in [3.8, 4) is 0 Å². The van der Waals surface area contributed by atoms with Gasteiger partial charge in [-0.05, 0) is 24.6 Å². The Bertz CT molecular complexity index is 1090. The molecule has 0 spiro atoms. The molecule has 3 atom stereocenters. The van der Waals surface area contributed by atoms with Crippen molar-refractivity contribution in [1.29, 1.82) is 0 Å². The van der Waals surface area contributed by atoms with Gasteiger partial charge in [0.2, 0.25) is 0 Å². The Balaban J connectivity index is 1.85. The Hall–Kier alpha value is -3.09. The first-order valence-corrected chi connectivity index (χ1v) is 10.6. The molecule has 4 rings (SSSR count). The van der Waals surface area contributed by atoms with E-state index >= 15 is 0 Å². The Kier molecular flexibility index (Phi) is 5.61. The van der Waals surface area contributed by atoms with Crippen molar-refractivity contribution in [3.63, 3.8) is 0 Å². The van der Waals surface area contributed by atoms with Gasteiger partial charge in [0.25, 0.3) is 0 Å². The molecule has 0 saturated carbocycles. The summed E-state index contributed by atoms with van der Waals surface area (Å²) in [5, 5.41) is 9.26. The van der Waals surface area contributed by atoms with Crippen LogP contribution in [0.5, 0.6) is 0 Å². The molecule has 1 heterocycles. The summed E-state index contributed by atoms with van der Waals surface area (Å²) in [4.78, 5) is 27.2. The Labute approximate surface area is 179 Å². The minimum absolute atomic E-state index is 0.0159. The van der Waals surface area contributed by atoms with Gasteiger partial charge >= 0.3 is 5.97 Å². The number of rotatable bonds is 5. The van der Waals surface area contributed by atoms with Crippen LogP contribution in [-0.4, -0.2) is 27.6 Å². The number of carboxylic acid groups (broad SMARTS) is 1. The molecule has 1 aliphatic heterocycles. The number of thioether (sulfide) groups is 1. The van der Waals surface area contributed by atoms with Crippen LogP contribution >= 0.6 is 11.8 Å². The lowest BCUT2D eigenvalue weighted by atomic mass is 9.94. The Morgan fingerprint density at radius 3 is 2.37 bits per heavy atom. The second-order valence-electron chi connectivity index (χ2n) is 7.27. The minimum atomic E-state index is -1.02. The lowest BCUT2D eigenvalue weighted by Gasteiger charge is -2.32. The van der Waals surface area contributed by atoms with E-state index in [0.29, 0.717) is 11.3 Å². The van der Waals surface area contributed by atoms with Gasteiger partial charge in [-0.2, -0.15) is 0 Å². The summed E-state index contributed by atoms with van der Waals surface area (Å²) in [6.45, 7) is 2.00. The zero-order valence-corrected chi connectivity index (χ0v) is 17.3. The Morgan fingerprint density at radius 2 is 1.67 bits per heavy atom. The number of benzene rings is 3. The largest absolute Gasteiger partial charge is 0.478 e. The highest BCUT2D eigenvalue weighted by atomic mass is 32.2. The van der Waals surface area contributed by atoms with Crippen LogP contribution in [0, 0.1) is 6.92 Å². The zero-order chi connectivity index (χ0) is 21.3. The molecule has 3 N–H and O–H groups in total. The van der Waals surface area contributed by atoms with Crippen molar-refractivity contribution in [2.24, 2.45) is 5.73 Å². The monoisotopic (exact) mass is 418 g/mol. The third-order valence-corrected chi connectivity index (χ3v) is 6.53.